The molecule has 2 aromatic rings. The van der Waals surface area contributed by atoms with E-state index in [2.05, 4.69) is 4.74 Å². The van der Waals surface area contributed by atoms with Crippen LogP contribution in [0.5, 0.6) is 17.2 Å². The third kappa shape index (κ3) is 6.41. The molecule has 1 aliphatic rings. The molecule has 0 radical (unpaired) electrons. The second-order valence-corrected chi connectivity index (χ2v) is 9.05. The molecule has 3 rings (SSSR count). The highest BCUT2D eigenvalue weighted by Gasteiger charge is 2.35. The topological polar surface area (TPSA) is 91.4 Å². The van der Waals surface area contributed by atoms with Crippen LogP contribution in [0.15, 0.2) is 41.3 Å². The number of aryl methyl sites for hydroxylation is 1. The number of imide groups is 1. The molecule has 2 amide bonds. The zero-order valence-electron chi connectivity index (χ0n) is 18.3. The van der Waals surface area contributed by atoms with Crippen molar-refractivity contribution < 1.29 is 33.3 Å². The van der Waals surface area contributed by atoms with Crippen molar-refractivity contribution in [3.63, 3.8) is 0 Å². The van der Waals surface area contributed by atoms with Crippen molar-refractivity contribution in [2.24, 2.45) is 0 Å². The molecular weight excluding hydrogens is 561 g/mol. The quantitative estimate of drug-likeness (QED) is 0.246. The smallest absolute Gasteiger partial charge is 0.343 e. The first kappa shape index (κ1) is 24.9. The molecule has 2 aromatic carbocycles. The van der Waals surface area contributed by atoms with Crippen molar-refractivity contribution in [1.29, 1.82) is 0 Å². The van der Waals surface area contributed by atoms with Crippen molar-refractivity contribution in [1.82, 2.24) is 4.90 Å². The molecule has 0 aromatic heterocycles. The first-order valence-corrected chi connectivity index (χ1v) is 11.7. The molecule has 8 nitrogen and oxygen atoms in total. The van der Waals surface area contributed by atoms with Crippen LogP contribution in [0.4, 0.5) is 4.79 Å². The molecule has 1 saturated heterocycles. The number of carbonyl (C=O) groups is 3. The molecule has 0 N–H and O–H groups in total. The number of nitrogens with zero attached hydrogens (tertiary/aromatic N) is 1. The molecule has 0 spiro atoms. The molecule has 0 unspecified atom stereocenters. The zero-order chi connectivity index (χ0) is 24.0. The lowest BCUT2D eigenvalue weighted by atomic mass is 10.2. The first-order chi connectivity index (χ1) is 15.8. The van der Waals surface area contributed by atoms with Gasteiger partial charge in [-0.1, -0.05) is 17.7 Å². The van der Waals surface area contributed by atoms with E-state index in [-0.39, 0.29) is 30.9 Å². The summed E-state index contributed by atoms with van der Waals surface area (Å²) in [5.74, 6) is 0.568. The summed E-state index contributed by atoms with van der Waals surface area (Å²) in [6.45, 7) is 2.07. The van der Waals surface area contributed by atoms with Crippen molar-refractivity contribution in [3.05, 3.63) is 56.0 Å². The largest absolute Gasteiger partial charge is 0.493 e. The highest BCUT2D eigenvalue weighted by molar-refractivity contribution is 14.1. The number of hydrogen-bond acceptors (Lipinski definition) is 8. The van der Waals surface area contributed by atoms with Crippen LogP contribution in [0.25, 0.3) is 6.08 Å². The number of carbonyl (C=O) groups excluding carboxylic acids is 3. The molecule has 0 bridgehead atoms. The van der Waals surface area contributed by atoms with Crippen molar-refractivity contribution >= 4 is 57.5 Å². The standard InChI is InChI=1S/C23H22INO7S/c1-14-4-6-16(7-5-14)31-9-8-25-22(27)19(33-23(25)28)12-15-10-17(24)21(18(11-15)29-2)32-13-20(26)30-3/h4-7,10-12H,8-9,13H2,1-3H3/b19-12-. The van der Waals surface area contributed by atoms with E-state index < -0.39 is 5.97 Å². The highest BCUT2D eigenvalue weighted by Crippen LogP contribution is 2.37. The third-order valence-corrected chi connectivity index (χ3v) is 6.30. The van der Waals surface area contributed by atoms with Crippen LogP contribution < -0.4 is 14.2 Å². The van der Waals surface area contributed by atoms with Gasteiger partial charge in [-0.05, 0) is 77.2 Å². The lowest BCUT2D eigenvalue weighted by molar-refractivity contribution is -0.143. The Bertz CT molecular complexity index is 1080. The van der Waals surface area contributed by atoms with Crippen LogP contribution >= 0.6 is 34.4 Å². The summed E-state index contributed by atoms with van der Waals surface area (Å²) in [4.78, 5) is 38.0. The molecule has 0 aliphatic carbocycles. The van der Waals surface area contributed by atoms with Crippen LogP contribution in [0, 0.1) is 10.5 Å². The van der Waals surface area contributed by atoms with Crippen molar-refractivity contribution in [2.75, 3.05) is 34.0 Å². The molecule has 0 saturated carbocycles. The number of amides is 2. The second-order valence-electron chi connectivity index (χ2n) is 6.89. The SMILES string of the molecule is COC(=O)COc1c(I)cc(/C=C2\SC(=O)N(CCOc3ccc(C)cc3)C2=O)cc1OC. The maximum absolute atomic E-state index is 12.8. The molecule has 1 fully saturated rings. The number of thioether (sulfide) groups is 1. The van der Waals surface area contributed by atoms with Crippen LogP contribution in [-0.2, 0) is 14.3 Å². The Balaban J connectivity index is 1.69. The van der Waals surface area contributed by atoms with E-state index in [1.165, 1.54) is 19.1 Å². The van der Waals surface area contributed by atoms with Gasteiger partial charge in [-0.15, -0.1) is 0 Å². The van der Waals surface area contributed by atoms with Gasteiger partial charge in [0.05, 0.1) is 29.2 Å². The number of rotatable bonds is 9. The molecular formula is C23H22INO7S. The lowest BCUT2D eigenvalue weighted by Crippen LogP contribution is -2.32. The molecule has 1 heterocycles. The maximum Gasteiger partial charge on any atom is 0.343 e. The second kappa shape index (κ2) is 11.4. The fourth-order valence-electron chi connectivity index (χ4n) is 2.89. The summed E-state index contributed by atoms with van der Waals surface area (Å²) in [6.07, 6.45) is 1.63. The fourth-order valence-corrected chi connectivity index (χ4v) is 4.53. The van der Waals surface area contributed by atoms with Gasteiger partial charge < -0.3 is 18.9 Å². The molecule has 174 valence electrons. The monoisotopic (exact) mass is 583 g/mol. The normalized spacial score (nSPS) is 14.5. The zero-order valence-corrected chi connectivity index (χ0v) is 21.2. The number of esters is 1. The van der Waals surface area contributed by atoms with Gasteiger partial charge in [0.1, 0.15) is 12.4 Å². The minimum absolute atomic E-state index is 0.150. The first-order valence-electron chi connectivity index (χ1n) is 9.84. The number of ether oxygens (including phenoxy) is 4. The Morgan fingerprint density at radius 3 is 2.52 bits per heavy atom. The van der Waals surface area contributed by atoms with Gasteiger partial charge in [-0.25, -0.2) is 4.79 Å². The van der Waals surface area contributed by atoms with E-state index in [1.54, 1.807) is 18.2 Å². The van der Waals surface area contributed by atoms with Gasteiger partial charge in [0.2, 0.25) is 0 Å². The van der Waals surface area contributed by atoms with Crippen LogP contribution in [0.1, 0.15) is 11.1 Å². The number of halogens is 1. The Morgan fingerprint density at radius 1 is 1.12 bits per heavy atom. The van der Waals surface area contributed by atoms with E-state index in [1.807, 2.05) is 53.8 Å². The van der Waals surface area contributed by atoms with E-state index in [0.29, 0.717) is 31.3 Å². The summed E-state index contributed by atoms with van der Waals surface area (Å²) >= 11 is 2.92. The Hall–Kier alpha value is -2.73. The van der Waals surface area contributed by atoms with Crippen molar-refractivity contribution in [3.8, 4) is 17.2 Å². The van der Waals surface area contributed by atoms with Gasteiger partial charge in [0, 0.05) is 0 Å². The highest BCUT2D eigenvalue weighted by atomic mass is 127. The van der Waals surface area contributed by atoms with E-state index in [4.69, 9.17) is 14.2 Å². The number of benzene rings is 2. The van der Waals surface area contributed by atoms with E-state index in [9.17, 15) is 14.4 Å². The average molecular weight is 583 g/mol. The predicted octanol–water partition coefficient (Wildman–Crippen LogP) is 4.28. The van der Waals surface area contributed by atoms with Gasteiger partial charge in [-0.3, -0.25) is 14.5 Å². The molecule has 10 heteroatoms. The molecule has 33 heavy (non-hydrogen) atoms. The lowest BCUT2D eigenvalue weighted by Gasteiger charge is -2.14. The maximum atomic E-state index is 12.8. The number of hydrogen-bond donors (Lipinski definition) is 0. The summed E-state index contributed by atoms with van der Waals surface area (Å²) in [6, 6.07) is 11.0. The minimum Gasteiger partial charge on any atom is -0.493 e. The van der Waals surface area contributed by atoms with Crippen LogP contribution in [-0.4, -0.2) is 56.0 Å². The summed E-state index contributed by atoms with van der Waals surface area (Å²) in [5, 5.41) is -0.349. The Morgan fingerprint density at radius 2 is 1.85 bits per heavy atom. The third-order valence-electron chi connectivity index (χ3n) is 4.59. The van der Waals surface area contributed by atoms with Gasteiger partial charge in [0.25, 0.3) is 11.1 Å². The molecule has 0 atom stereocenters. The minimum atomic E-state index is -0.517. The van der Waals surface area contributed by atoms with Crippen LogP contribution in [0.2, 0.25) is 0 Å². The Labute approximate surface area is 209 Å². The van der Waals surface area contributed by atoms with Crippen molar-refractivity contribution in [2.45, 2.75) is 6.92 Å². The van der Waals surface area contributed by atoms with E-state index in [0.717, 1.165) is 17.3 Å². The number of methoxy groups -OCH3 is 2. The fraction of sp³-hybridized carbons (Fsp3) is 0.261. The van der Waals surface area contributed by atoms with Gasteiger partial charge in [-0.2, -0.15) is 0 Å². The Kier molecular flexibility index (Phi) is 8.61. The van der Waals surface area contributed by atoms with Gasteiger partial charge in [0.15, 0.2) is 18.1 Å². The molecule has 1 aliphatic heterocycles. The van der Waals surface area contributed by atoms with E-state index >= 15 is 0 Å². The summed E-state index contributed by atoms with van der Waals surface area (Å²) < 4.78 is 21.8. The summed E-state index contributed by atoms with van der Waals surface area (Å²) in [5.41, 5.74) is 1.77. The predicted molar refractivity (Wildman–Crippen MR) is 133 cm³/mol. The summed E-state index contributed by atoms with van der Waals surface area (Å²) in [7, 11) is 2.75. The van der Waals surface area contributed by atoms with Crippen LogP contribution in [0.3, 0.4) is 0 Å². The van der Waals surface area contributed by atoms with Gasteiger partial charge >= 0.3 is 5.97 Å². The average Bonchev–Trinajstić information content (AvgIpc) is 3.06.